The number of aliphatic hydroxyl groups excluding tert-OH is 1. The smallest absolute Gasteiger partial charge is 0.255 e. The Morgan fingerprint density at radius 3 is 2.48 bits per heavy atom. The molecule has 2 aromatic heterocycles. The van der Waals surface area contributed by atoms with Gasteiger partial charge < -0.3 is 9.84 Å². The lowest BCUT2D eigenvalue weighted by Gasteiger charge is -2.27. The normalized spacial score (nSPS) is 18.4. The number of benzene rings is 1. The molecule has 3 aromatic rings. The van der Waals surface area contributed by atoms with Gasteiger partial charge >= 0.3 is 0 Å². The molecule has 1 saturated carbocycles. The van der Waals surface area contributed by atoms with Crippen LogP contribution in [-0.2, 0) is 0 Å². The van der Waals surface area contributed by atoms with Crippen LogP contribution >= 0.6 is 0 Å². The summed E-state index contributed by atoms with van der Waals surface area (Å²) < 4.78 is 33.9. The molecule has 1 fully saturated rings. The van der Waals surface area contributed by atoms with Gasteiger partial charge in [0.05, 0.1) is 12.3 Å². The molecule has 2 heterocycles. The van der Waals surface area contributed by atoms with Crippen LogP contribution in [0, 0.1) is 23.0 Å². The van der Waals surface area contributed by atoms with Gasteiger partial charge in [-0.3, -0.25) is 14.3 Å². The maximum atomic E-state index is 13.5. The van der Waals surface area contributed by atoms with E-state index in [0.29, 0.717) is 36.8 Å². The number of nitrogens with zero attached hydrogens (tertiary/aromatic N) is 3. The molecule has 6 nitrogen and oxygen atoms in total. The van der Waals surface area contributed by atoms with Crippen molar-refractivity contribution in [1.29, 1.82) is 5.26 Å². The van der Waals surface area contributed by atoms with Gasteiger partial charge in [-0.15, -0.1) is 0 Å². The first-order valence-electron chi connectivity index (χ1n) is 9.87. The molecular formula is C23H19F2N3O3. The first-order valence-corrected chi connectivity index (χ1v) is 9.87. The second-order valence-electron chi connectivity index (χ2n) is 7.50. The van der Waals surface area contributed by atoms with E-state index in [1.54, 1.807) is 6.07 Å². The first kappa shape index (κ1) is 20.7. The zero-order valence-corrected chi connectivity index (χ0v) is 16.5. The largest absolute Gasteiger partial charge is 0.455 e. The summed E-state index contributed by atoms with van der Waals surface area (Å²) in [5, 5.41) is 19.3. The first-order chi connectivity index (χ1) is 14.9. The Kier molecular flexibility index (Phi) is 5.78. The van der Waals surface area contributed by atoms with Crippen molar-refractivity contribution in [2.75, 3.05) is 0 Å². The Labute approximate surface area is 177 Å². The van der Waals surface area contributed by atoms with E-state index in [9.17, 15) is 23.9 Å². The number of aliphatic hydroxyl groups is 1. The second kappa shape index (κ2) is 8.66. The van der Waals surface area contributed by atoms with Crippen LogP contribution in [0.15, 0.2) is 53.6 Å². The van der Waals surface area contributed by atoms with E-state index in [0.717, 1.165) is 12.1 Å². The topological polar surface area (TPSA) is 88.1 Å². The maximum absolute atomic E-state index is 13.5. The minimum atomic E-state index is -0.971. The van der Waals surface area contributed by atoms with Crippen molar-refractivity contribution in [3.63, 3.8) is 0 Å². The summed E-state index contributed by atoms with van der Waals surface area (Å²) in [5.41, 5.74) is 0.740. The predicted octanol–water partition coefficient (Wildman–Crippen LogP) is 4.33. The van der Waals surface area contributed by atoms with Crippen LogP contribution in [0.1, 0.15) is 37.4 Å². The monoisotopic (exact) mass is 423 g/mol. The highest BCUT2D eigenvalue weighted by Gasteiger charge is 2.24. The number of aromatic nitrogens is 2. The number of nitriles is 1. The lowest BCUT2D eigenvalue weighted by molar-refractivity contribution is 0.109. The van der Waals surface area contributed by atoms with Crippen LogP contribution in [0.25, 0.3) is 11.1 Å². The van der Waals surface area contributed by atoms with Crippen molar-refractivity contribution < 1.29 is 18.6 Å². The molecule has 1 aliphatic rings. The predicted molar refractivity (Wildman–Crippen MR) is 109 cm³/mol. The van der Waals surface area contributed by atoms with Gasteiger partial charge in [-0.1, -0.05) is 6.07 Å². The molecule has 1 aromatic carbocycles. The summed E-state index contributed by atoms with van der Waals surface area (Å²) in [6.07, 6.45) is 4.95. The van der Waals surface area contributed by atoms with Crippen LogP contribution < -0.4 is 10.3 Å². The van der Waals surface area contributed by atoms with Crippen LogP contribution in [0.5, 0.6) is 11.5 Å². The van der Waals surface area contributed by atoms with Crippen LogP contribution in [0.2, 0.25) is 0 Å². The summed E-state index contributed by atoms with van der Waals surface area (Å²) in [5.74, 6) is -1.45. The number of halogens is 2. The fourth-order valence-electron chi connectivity index (χ4n) is 3.84. The van der Waals surface area contributed by atoms with E-state index in [1.807, 2.05) is 6.07 Å². The number of hydrogen-bond donors (Lipinski definition) is 1. The standard InChI is InChI=1S/C23H19F2N3O3/c24-21-6-1-14(8-22(21)25)15-7-20(13-27-12-15)31-19-9-17(11-26)28(23(30)10-19)16-2-4-18(29)5-3-16/h1,6-10,12-13,16,18,29H,2-5H2. The Hall–Kier alpha value is -3.57. The van der Waals surface area contributed by atoms with Crippen molar-refractivity contribution in [2.24, 2.45) is 0 Å². The summed E-state index contributed by atoms with van der Waals surface area (Å²) in [6, 6.07) is 9.79. The molecule has 4 rings (SSSR count). The van der Waals surface area contributed by atoms with Crippen LogP contribution in [0.4, 0.5) is 8.78 Å². The molecule has 0 atom stereocenters. The van der Waals surface area contributed by atoms with E-state index in [2.05, 4.69) is 4.98 Å². The van der Waals surface area contributed by atoms with Gasteiger partial charge in [0, 0.05) is 29.9 Å². The average molecular weight is 423 g/mol. The number of pyridine rings is 2. The van der Waals surface area contributed by atoms with Gasteiger partial charge in [0.25, 0.3) is 5.56 Å². The Bertz CT molecular complexity index is 1210. The van der Waals surface area contributed by atoms with Crippen molar-refractivity contribution in [3.05, 3.63) is 76.5 Å². The molecule has 0 unspecified atom stereocenters. The van der Waals surface area contributed by atoms with E-state index in [-0.39, 0.29) is 34.9 Å². The molecule has 0 radical (unpaired) electrons. The van der Waals surface area contributed by atoms with Gasteiger partial charge in [0.1, 0.15) is 23.3 Å². The summed E-state index contributed by atoms with van der Waals surface area (Å²) >= 11 is 0. The van der Waals surface area contributed by atoms with Crippen LogP contribution in [-0.4, -0.2) is 20.8 Å². The maximum Gasteiger partial charge on any atom is 0.255 e. The Balaban J connectivity index is 1.61. The second-order valence-corrected chi connectivity index (χ2v) is 7.50. The highest BCUT2D eigenvalue weighted by molar-refractivity contribution is 5.64. The van der Waals surface area contributed by atoms with Gasteiger partial charge in [-0.2, -0.15) is 5.26 Å². The van der Waals surface area contributed by atoms with Crippen molar-refractivity contribution in [3.8, 4) is 28.7 Å². The highest BCUT2D eigenvalue weighted by atomic mass is 19.2. The van der Waals surface area contributed by atoms with Crippen molar-refractivity contribution in [1.82, 2.24) is 9.55 Å². The quantitative estimate of drug-likeness (QED) is 0.675. The molecule has 1 N–H and O–H groups in total. The molecular weight excluding hydrogens is 404 g/mol. The van der Waals surface area contributed by atoms with Crippen molar-refractivity contribution in [2.45, 2.75) is 37.8 Å². The minimum Gasteiger partial charge on any atom is -0.455 e. The molecule has 0 amide bonds. The molecule has 0 bridgehead atoms. The summed E-state index contributed by atoms with van der Waals surface area (Å²) in [6.45, 7) is 0. The number of ether oxygens (including phenoxy) is 1. The van der Waals surface area contributed by atoms with E-state index < -0.39 is 11.6 Å². The van der Waals surface area contributed by atoms with Gasteiger partial charge in [-0.25, -0.2) is 8.78 Å². The van der Waals surface area contributed by atoms with E-state index in [1.165, 1.54) is 35.2 Å². The van der Waals surface area contributed by atoms with E-state index >= 15 is 0 Å². The molecule has 8 heteroatoms. The average Bonchev–Trinajstić information content (AvgIpc) is 2.76. The van der Waals surface area contributed by atoms with E-state index in [4.69, 9.17) is 4.74 Å². The molecule has 0 saturated heterocycles. The number of rotatable bonds is 4. The summed E-state index contributed by atoms with van der Waals surface area (Å²) in [7, 11) is 0. The lowest BCUT2D eigenvalue weighted by Crippen LogP contribution is -2.30. The third-order valence-corrected chi connectivity index (χ3v) is 5.39. The Morgan fingerprint density at radius 2 is 1.77 bits per heavy atom. The van der Waals surface area contributed by atoms with Gasteiger partial charge in [0.2, 0.25) is 0 Å². The minimum absolute atomic E-state index is 0.141. The van der Waals surface area contributed by atoms with Gasteiger partial charge in [-0.05, 0) is 49.4 Å². The molecule has 31 heavy (non-hydrogen) atoms. The lowest BCUT2D eigenvalue weighted by atomic mass is 9.92. The molecule has 158 valence electrons. The zero-order chi connectivity index (χ0) is 22.0. The SMILES string of the molecule is N#Cc1cc(Oc2cncc(-c3ccc(F)c(F)c3)c2)cc(=O)n1C1CCC(O)CC1. The fraction of sp³-hybridized carbons (Fsp3) is 0.261. The highest BCUT2D eigenvalue weighted by Crippen LogP contribution is 2.30. The van der Waals surface area contributed by atoms with Crippen molar-refractivity contribution >= 4 is 0 Å². The zero-order valence-electron chi connectivity index (χ0n) is 16.5. The number of hydrogen-bond acceptors (Lipinski definition) is 5. The Morgan fingerprint density at radius 1 is 1.00 bits per heavy atom. The third kappa shape index (κ3) is 4.47. The third-order valence-electron chi connectivity index (χ3n) is 5.39. The van der Waals surface area contributed by atoms with Crippen LogP contribution in [0.3, 0.4) is 0 Å². The van der Waals surface area contributed by atoms with Gasteiger partial charge in [0.15, 0.2) is 11.6 Å². The summed E-state index contributed by atoms with van der Waals surface area (Å²) in [4.78, 5) is 16.8. The molecule has 0 spiro atoms. The fourth-order valence-corrected chi connectivity index (χ4v) is 3.84. The molecule has 0 aliphatic heterocycles. The molecule has 1 aliphatic carbocycles.